The van der Waals surface area contributed by atoms with Gasteiger partial charge in [0.2, 0.25) is 0 Å². The number of carbonyl (C=O) groups excluding carboxylic acids is 2. The van der Waals surface area contributed by atoms with Gasteiger partial charge in [0.15, 0.2) is 0 Å². The first-order chi connectivity index (χ1) is 12.7. The predicted molar refractivity (Wildman–Crippen MR) is 107 cm³/mol. The summed E-state index contributed by atoms with van der Waals surface area (Å²) in [5.41, 5.74) is 0.427. The number of rotatable bonds is 6. The fourth-order valence-electron chi connectivity index (χ4n) is 2.37. The van der Waals surface area contributed by atoms with Gasteiger partial charge >= 0.3 is 11.9 Å². The Kier molecular flexibility index (Phi) is 7.80. The van der Waals surface area contributed by atoms with Gasteiger partial charge in [-0.25, -0.2) is 9.59 Å². The minimum Gasteiger partial charge on any atom is -0.459 e. The maximum atomic E-state index is 12.2. The fraction of sp³-hybridized carbons (Fsp3) is 0.263. The zero-order valence-electron chi connectivity index (χ0n) is 14.5. The maximum Gasteiger partial charge on any atom is 0.339 e. The van der Waals surface area contributed by atoms with E-state index in [1.165, 1.54) is 24.3 Å². The molecule has 0 radical (unpaired) electrons. The lowest BCUT2D eigenvalue weighted by Crippen LogP contribution is -2.24. The molecule has 2 aromatic rings. The van der Waals surface area contributed by atoms with Gasteiger partial charge in [-0.2, -0.15) is 0 Å². The van der Waals surface area contributed by atoms with Gasteiger partial charge in [0.1, 0.15) is 12.2 Å². The normalized spacial score (nSPS) is 13.0. The second kappa shape index (κ2) is 9.65. The highest BCUT2D eigenvalue weighted by Crippen LogP contribution is 2.24. The second-order valence-corrected chi connectivity index (χ2v) is 7.60. The summed E-state index contributed by atoms with van der Waals surface area (Å²) in [7, 11) is 0. The number of esters is 2. The van der Waals surface area contributed by atoms with Gasteiger partial charge in [0.05, 0.1) is 21.2 Å². The Balaban J connectivity index is 1.92. The molecule has 0 aliphatic rings. The molecule has 0 saturated heterocycles. The van der Waals surface area contributed by atoms with Crippen LogP contribution in [0.2, 0.25) is 20.1 Å². The van der Waals surface area contributed by atoms with E-state index in [9.17, 15) is 9.59 Å². The Labute approximate surface area is 177 Å². The quantitative estimate of drug-likeness (QED) is 0.473. The third-order valence-corrected chi connectivity index (χ3v) is 4.68. The van der Waals surface area contributed by atoms with Crippen molar-refractivity contribution in [2.24, 2.45) is 0 Å². The van der Waals surface area contributed by atoms with E-state index in [2.05, 4.69) is 0 Å². The highest BCUT2D eigenvalue weighted by Gasteiger charge is 2.20. The van der Waals surface area contributed by atoms with Gasteiger partial charge in [-0.15, -0.1) is 0 Å². The molecular weight excluding hydrogens is 434 g/mol. The summed E-state index contributed by atoms with van der Waals surface area (Å²) >= 11 is 23.6. The third kappa shape index (κ3) is 6.28. The molecule has 0 fully saturated rings. The average molecular weight is 450 g/mol. The highest BCUT2D eigenvalue weighted by atomic mass is 35.5. The lowest BCUT2D eigenvalue weighted by atomic mass is 10.1. The first-order valence-corrected chi connectivity index (χ1v) is 9.50. The minimum absolute atomic E-state index is 0.205. The van der Waals surface area contributed by atoms with Gasteiger partial charge in [0.25, 0.3) is 0 Å². The van der Waals surface area contributed by atoms with Crippen molar-refractivity contribution in [2.75, 3.05) is 0 Å². The molecule has 4 nitrogen and oxygen atoms in total. The van der Waals surface area contributed by atoms with Crippen LogP contribution in [0.4, 0.5) is 0 Å². The standard InChI is InChI=1S/C19H16Cl4O4/c1-10(26-18(24)14-5-3-12(20)8-16(14)22)7-11(2)27-19(25)15-6-4-13(21)9-17(15)23/h3-6,8-11H,7H2,1-2H3. The summed E-state index contributed by atoms with van der Waals surface area (Å²) in [4.78, 5) is 24.4. The molecule has 0 amide bonds. The molecule has 8 heteroatoms. The molecule has 0 aliphatic heterocycles. The number of halogens is 4. The average Bonchev–Trinajstić information content (AvgIpc) is 2.53. The van der Waals surface area contributed by atoms with E-state index < -0.39 is 24.1 Å². The molecule has 0 aromatic heterocycles. The molecule has 0 saturated carbocycles. The monoisotopic (exact) mass is 448 g/mol. The molecule has 2 aromatic carbocycles. The van der Waals surface area contributed by atoms with Crippen LogP contribution in [0.25, 0.3) is 0 Å². The number of carbonyl (C=O) groups is 2. The zero-order valence-corrected chi connectivity index (χ0v) is 17.5. The van der Waals surface area contributed by atoms with E-state index in [1.807, 2.05) is 0 Å². The van der Waals surface area contributed by atoms with Crippen molar-refractivity contribution in [3.05, 3.63) is 67.6 Å². The summed E-state index contributed by atoms with van der Waals surface area (Å²) in [6, 6.07) is 9.01. The first-order valence-electron chi connectivity index (χ1n) is 7.99. The van der Waals surface area contributed by atoms with Crippen LogP contribution in [0, 0.1) is 0 Å². The van der Waals surface area contributed by atoms with Crippen LogP contribution >= 0.6 is 46.4 Å². The van der Waals surface area contributed by atoms with Crippen molar-refractivity contribution < 1.29 is 19.1 Å². The lowest BCUT2D eigenvalue weighted by molar-refractivity contribution is 0.00767. The molecule has 2 rings (SSSR count). The minimum atomic E-state index is -0.580. The second-order valence-electron chi connectivity index (χ2n) is 5.92. The Hall–Kier alpha value is -1.46. The summed E-state index contributed by atoms with van der Waals surface area (Å²) in [5.74, 6) is -1.16. The van der Waals surface area contributed by atoms with Gasteiger partial charge < -0.3 is 9.47 Å². The molecule has 0 heterocycles. The van der Waals surface area contributed by atoms with Crippen molar-refractivity contribution in [3.8, 4) is 0 Å². The number of hydrogen-bond acceptors (Lipinski definition) is 4. The lowest BCUT2D eigenvalue weighted by Gasteiger charge is -2.19. The van der Waals surface area contributed by atoms with E-state index in [1.54, 1.807) is 26.0 Å². The molecular formula is C19H16Cl4O4. The summed E-state index contributed by atoms with van der Waals surface area (Å²) in [6.07, 6.45) is -0.714. The zero-order chi connectivity index (χ0) is 20.1. The first kappa shape index (κ1) is 21.8. The predicted octanol–water partition coefficient (Wildman–Crippen LogP) is 6.48. The summed E-state index contributed by atoms with van der Waals surface area (Å²) < 4.78 is 10.7. The van der Waals surface area contributed by atoms with Crippen LogP contribution < -0.4 is 0 Å². The van der Waals surface area contributed by atoms with Crippen molar-refractivity contribution in [3.63, 3.8) is 0 Å². The molecule has 144 valence electrons. The van der Waals surface area contributed by atoms with Crippen LogP contribution in [-0.2, 0) is 9.47 Å². The van der Waals surface area contributed by atoms with Crippen LogP contribution in [0.5, 0.6) is 0 Å². The molecule has 2 atom stereocenters. The SMILES string of the molecule is CC(CC(C)OC(=O)c1ccc(Cl)cc1Cl)OC(=O)c1ccc(Cl)cc1Cl. The molecule has 0 aliphatic carbocycles. The number of hydrogen-bond donors (Lipinski definition) is 0. The molecule has 2 unspecified atom stereocenters. The molecule has 0 N–H and O–H groups in total. The molecule has 0 bridgehead atoms. The van der Waals surface area contributed by atoms with Crippen LogP contribution in [0.1, 0.15) is 41.0 Å². The Morgan fingerprint density at radius 3 is 1.48 bits per heavy atom. The van der Waals surface area contributed by atoms with Crippen LogP contribution in [0.3, 0.4) is 0 Å². The Morgan fingerprint density at radius 1 is 0.778 bits per heavy atom. The van der Waals surface area contributed by atoms with Crippen molar-refractivity contribution in [2.45, 2.75) is 32.5 Å². The fourth-order valence-corrected chi connectivity index (χ4v) is 3.34. The van der Waals surface area contributed by atoms with Crippen molar-refractivity contribution in [1.29, 1.82) is 0 Å². The topological polar surface area (TPSA) is 52.6 Å². The third-order valence-electron chi connectivity index (χ3n) is 3.58. The molecule has 0 spiro atoms. The van der Waals surface area contributed by atoms with E-state index in [0.29, 0.717) is 16.5 Å². The highest BCUT2D eigenvalue weighted by molar-refractivity contribution is 6.37. The van der Waals surface area contributed by atoms with E-state index in [0.717, 1.165) is 0 Å². The van der Waals surface area contributed by atoms with Gasteiger partial charge in [0, 0.05) is 16.5 Å². The van der Waals surface area contributed by atoms with Gasteiger partial charge in [-0.3, -0.25) is 0 Å². The largest absolute Gasteiger partial charge is 0.459 e. The summed E-state index contributed by atoms with van der Waals surface area (Å²) in [5, 5.41) is 1.25. The van der Waals surface area contributed by atoms with E-state index in [-0.39, 0.29) is 21.2 Å². The van der Waals surface area contributed by atoms with Crippen LogP contribution in [-0.4, -0.2) is 24.1 Å². The number of ether oxygens (including phenoxy) is 2. The van der Waals surface area contributed by atoms with Crippen molar-refractivity contribution in [1.82, 2.24) is 0 Å². The van der Waals surface area contributed by atoms with Gasteiger partial charge in [-0.05, 0) is 50.2 Å². The Bertz CT molecular complexity index is 784. The molecule has 27 heavy (non-hydrogen) atoms. The smallest absolute Gasteiger partial charge is 0.339 e. The summed E-state index contributed by atoms with van der Waals surface area (Å²) in [6.45, 7) is 3.39. The van der Waals surface area contributed by atoms with Crippen LogP contribution in [0.15, 0.2) is 36.4 Å². The maximum absolute atomic E-state index is 12.2. The number of benzene rings is 2. The van der Waals surface area contributed by atoms with Crippen molar-refractivity contribution >= 4 is 58.3 Å². The van der Waals surface area contributed by atoms with E-state index >= 15 is 0 Å². The van der Waals surface area contributed by atoms with E-state index in [4.69, 9.17) is 55.9 Å². The van der Waals surface area contributed by atoms with Gasteiger partial charge in [-0.1, -0.05) is 46.4 Å². The Morgan fingerprint density at radius 2 is 1.15 bits per heavy atom.